The smallest absolute Gasteiger partial charge is 0.274 e. The molecule has 0 aliphatic carbocycles. The second-order valence-corrected chi connectivity index (χ2v) is 9.13. The van der Waals surface area contributed by atoms with Crippen molar-refractivity contribution in [3.63, 3.8) is 0 Å². The first-order valence-corrected chi connectivity index (χ1v) is 11.4. The minimum absolute atomic E-state index is 0.0126. The summed E-state index contributed by atoms with van der Waals surface area (Å²) in [5, 5.41) is 13.8. The van der Waals surface area contributed by atoms with E-state index in [0.29, 0.717) is 11.3 Å². The van der Waals surface area contributed by atoms with Crippen LogP contribution in [0.5, 0.6) is 5.75 Å². The molecular weight excluding hydrogens is 446 g/mol. The lowest BCUT2D eigenvalue weighted by Crippen LogP contribution is -2.37. The molecule has 0 bridgehead atoms. The predicted molar refractivity (Wildman–Crippen MR) is 123 cm³/mol. The third kappa shape index (κ3) is 5.73. The Hall–Kier alpha value is -3.76. The molecular formula is C23H23N3O6S. The van der Waals surface area contributed by atoms with Gasteiger partial charge >= 0.3 is 0 Å². The molecule has 0 aliphatic rings. The topological polar surface area (TPSA) is 119 Å². The van der Waals surface area contributed by atoms with Gasteiger partial charge in [0.05, 0.1) is 34.7 Å². The highest BCUT2D eigenvalue weighted by Crippen LogP contribution is 2.26. The van der Waals surface area contributed by atoms with Gasteiger partial charge in [-0.1, -0.05) is 36.4 Å². The number of nitrogens with one attached hydrogen (secondary N) is 1. The maximum Gasteiger partial charge on any atom is 0.274 e. The highest BCUT2D eigenvalue weighted by Gasteiger charge is 2.27. The third-order valence-electron chi connectivity index (χ3n) is 4.99. The number of ether oxygens (including phenoxy) is 1. The van der Waals surface area contributed by atoms with Crippen LogP contribution in [0.3, 0.4) is 0 Å². The van der Waals surface area contributed by atoms with E-state index >= 15 is 0 Å². The molecule has 3 aromatic carbocycles. The Bertz CT molecular complexity index is 1240. The van der Waals surface area contributed by atoms with Crippen LogP contribution in [0.4, 0.5) is 11.4 Å². The largest absolute Gasteiger partial charge is 0.497 e. The van der Waals surface area contributed by atoms with Crippen LogP contribution < -0.4 is 10.1 Å². The van der Waals surface area contributed by atoms with Crippen molar-refractivity contribution in [1.82, 2.24) is 4.31 Å². The number of methoxy groups -OCH3 is 1. The van der Waals surface area contributed by atoms with Crippen molar-refractivity contribution in [2.45, 2.75) is 18.4 Å². The number of carbonyl (C=O) groups excluding carboxylic acids is 1. The number of carbonyl (C=O) groups is 1. The zero-order chi connectivity index (χ0) is 24.0. The van der Waals surface area contributed by atoms with E-state index in [1.165, 1.54) is 56.5 Å². The number of hydrogen-bond acceptors (Lipinski definition) is 6. The van der Waals surface area contributed by atoms with Crippen molar-refractivity contribution in [2.24, 2.45) is 0 Å². The standard InChI is InChI=1S/C23H23N3O6S/c1-17-21(9-6-10-22(17)26(28)29)24-23(27)16-25(15-18-7-4-3-5-8-18)33(30,31)20-13-11-19(32-2)12-14-20/h3-14H,15-16H2,1-2H3,(H,24,27). The van der Waals surface area contributed by atoms with E-state index in [-0.39, 0.29) is 28.4 Å². The number of nitro benzene ring substituents is 1. The molecule has 0 spiro atoms. The van der Waals surface area contributed by atoms with Crippen molar-refractivity contribution < 1.29 is 22.9 Å². The summed E-state index contributed by atoms with van der Waals surface area (Å²) in [6.45, 7) is 1.01. The summed E-state index contributed by atoms with van der Waals surface area (Å²) in [5.74, 6) is -0.117. The van der Waals surface area contributed by atoms with Gasteiger partial charge in [-0.2, -0.15) is 4.31 Å². The van der Waals surface area contributed by atoms with Crippen LogP contribution in [0.15, 0.2) is 77.7 Å². The molecule has 0 radical (unpaired) electrons. The number of anilines is 1. The van der Waals surface area contributed by atoms with Crippen LogP contribution in [0.1, 0.15) is 11.1 Å². The van der Waals surface area contributed by atoms with Gasteiger partial charge in [-0.3, -0.25) is 14.9 Å². The molecule has 0 saturated carbocycles. The number of nitrogens with zero attached hydrogens (tertiary/aromatic N) is 2. The molecule has 1 amide bonds. The molecule has 0 aromatic heterocycles. The molecule has 0 heterocycles. The van der Waals surface area contributed by atoms with Crippen LogP contribution in [0.25, 0.3) is 0 Å². The van der Waals surface area contributed by atoms with Gasteiger partial charge in [-0.25, -0.2) is 8.42 Å². The Labute approximate surface area is 191 Å². The van der Waals surface area contributed by atoms with Gasteiger partial charge in [0.1, 0.15) is 5.75 Å². The van der Waals surface area contributed by atoms with Gasteiger partial charge in [0.2, 0.25) is 15.9 Å². The van der Waals surface area contributed by atoms with Gasteiger partial charge in [0.25, 0.3) is 5.69 Å². The van der Waals surface area contributed by atoms with Gasteiger partial charge in [0.15, 0.2) is 0 Å². The number of hydrogen-bond donors (Lipinski definition) is 1. The zero-order valence-electron chi connectivity index (χ0n) is 18.1. The fraction of sp³-hybridized carbons (Fsp3) is 0.174. The van der Waals surface area contributed by atoms with Gasteiger partial charge in [-0.05, 0) is 42.8 Å². The normalized spacial score (nSPS) is 11.2. The summed E-state index contributed by atoms with van der Waals surface area (Å²) in [6, 6.07) is 19.1. The first kappa shape index (κ1) is 23.9. The maximum absolute atomic E-state index is 13.4. The average molecular weight is 470 g/mol. The highest BCUT2D eigenvalue weighted by molar-refractivity contribution is 7.89. The molecule has 9 nitrogen and oxygen atoms in total. The van der Waals surface area contributed by atoms with Crippen LogP contribution in [0, 0.1) is 17.0 Å². The Morgan fingerprint density at radius 3 is 2.30 bits per heavy atom. The fourth-order valence-corrected chi connectivity index (χ4v) is 4.60. The van der Waals surface area contributed by atoms with E-state index in [2.05, 4.69) is 5.32 Å². The SMILES string of the molecule is COc1ccc(S(=O)(=O)N(CC(=O)Nc2cccc([N+](=O)[O-])c2C)Cc2ccccc2)cc1. The van der Waals surface area contributed by atoms with Gasteiger partial charge in [-0.15, -0.1) is 0 Å². The third-order valence-corrected chi connectivity index (χ3v) is 6.80. The molecule has 0 atom stereocenters. The van der Waals surface area contributed by atoms with E-state index in [1.54, 1.807) is 24.3 Å². The number of benzene rings is 3. The Morgan fingerprint density at radius 2 is 1.70 bits per heavy atom. The molecule has 3 aromatic rings. The highest BCUT2D eigenvalue weighted by atomic mass is 32.2. The minimum atomic E-state index is -4.03. The Balaban J connectivity index is 1.89. The number of nitro groups is 1. The second-order valence-electron chi connectivity index (χ2n) is 7.19. The van der Waals surface area contributed by atoms with Crippen molar-refractivity contribution in [3.05, 3.63) is 94.0 Å². The molecule has 33 heavy (non-hydrogen) atoms. The van der Waals surface area contributed by atoms with E-state index < -0.39 is 27.4 Å². The van der Waals surface area contributed by atoms with Crippen LogP contribution in [0.2, 0.25) is 0 Å². The first-order chi connectivity index (χ1) is 15.7. The lowest BCUT2D eigenvalue weighted by molar-refractivity contribution is -0.385. The molecule has 10 heteroatoms. The summed E-state index contributed by atoms with van der Waals surface area (Å²) in [6.07, 6.45) is 0. The summed E-state index contributed by atoms with van der Waals surface area (Å²) >= 11 is 0. The molecule has 3 rings (SSSR count). The van der Waals surface area contributed by atoms with E-state index in [9.17, 15) is 23.3 Å². The van der Waals surface area contributed by atoms with Crippen LogP contribution in [-0.4, -0.2) is 37.2 Å². The van der Waals surface area contributed by atoms with Crippen molar-refractivity contribution in [1.29, 1.82) is 0 Å². The quantitative estimate of drug-likeness (QED) is 0.377. The van der Waals surface area contributed by atoms with Crippen LogP contribution in [-0.2, 0) is 21.4 Å². The first-order valence-electron chi connectivity index (χ1n) is 9.94. The van der Waals surface area contributed by atoms with E-state index in [4.69, 9.17) is 4.74 Å². The predicted octanol–water partition coefficient (Wildman–Crippen LogP) is 3.74. The van der Waals surface area contributed by atoms with E-state index in [0.717, 1.165) is 4.31 Å². The van der Waals surface area contributed by atoms with Crippen molar-refractivity contribution in [2.75, 3.05) is 19.0 Å². The molecule has 1 N–H and O–H groups in total. The Morgan fingerprint density at radius 1 is 1.03 bits per heavy atom. The lowest BCUT2D eigenvalue weighted by atomic mass is 10.1. The van der Waals surface area contributed by atoms with Gasteiger partial charge < -0.3 is 10.1 Å². The van der Waals surface area contributed by atoms with Gasteiger partial charge in [0, 0.05) is 12.6 Å². The fourth-order valence-electron chi connectivity index (χ4n) is 3.22. The average Bonchev–Trinajstić information content (AvgIpc) is 2.80. The zero-order valence-corrected chi connectivity index (χ0v) is 18.9. The Kier molecular flexibility index (Phi) is 7.41. The summed E-state index contributed by atoms with van der Waals surface area (Å²) in [4.78, 5) is 23.5. The monoisotopic (exact) mass is 469 g/mol. The van der Waals surface area contributed by atoms with Crippen LogP contribution >= 0.6 is 0 Å². The van der Waals surface area contributed by atoms with Crippen molar-refractivity contribution in [3.8, 4) is 5.75 Å². The maximum atomic E-state index is 13.4. The number of sulfonamides is 1. The number of amides is 1. The summed E-state index contributed by atoms with van der Waals surface area (Å²) in [5.41, 5.74) is 1.09. The molecule has 0 aliphatic heterocycles. The second kappa shape index (κ2) is 10.2. The van der Waals surface area contributed by atoms with Crippen molar-refractivity contribution >= 4 is 27.3 Å². The minimum Gasteiger partial charge on any atom is -0.497 e. The lowest BCUT2D eigenvalue weighted by Gasteiger charge is -2.22. The van der Waals surface area contributed by atoms with E-state index in [1.807, 2.05) is 6.07 Å². The molecule has 172 valence electrons. The molecule has 0 unspecified atom stereocenters. The molecule has 0 fully saturated rings. The summed E-state index contributed by atoms with van der Waals surface area (Å²) < 4.78 is 32.8. The molecule has 0 saturated heterocycles. The summed E-state index contributed by atoms with van der Waals surface area (Å²) in [7, 11) is -2.56. The number of rotatable bonds is 9.